The molecule has 220 valence electrons. The number of ketones is 1. The Morgan fingerprint density at radius 2 is 1.76 bits per heavy atom. The largest absolute Gasteiger partial charge is 0.416 e. The fourth-order valence-corrected chi connectivity index (χ4v) is 6.04. The second-order valence-electron chi connectivity index (χ2n) is 10.6. The second kappa shape index (κ2) is 12.3. The molecule has 0 aliphatic carbocycles. The summed E-state index contributed by atoms with van der Waals surface area (Å²) in [5, 5.41) is 3.11. The van der Waals surface area contributed by atoms with E-state index in [2.05, 4.69) is 27.1 Å². The Kier molecular flexibility index (Phi) is 8.72. The average Bonchev–Trinajstić information content (AvgIpc) is 3.34. The molecule has 0 bridgehead atoms. The number of benzene rings is 2. The van der Waals surface area contributed by atoms with Gasteiger partial charge in [-0.05, 0) is 53.9 Å². The van der Waals surface area contributed by atoms with Crippen molar-refractivity contribution in [2.75, 3.05) is 38.0 Å². The van der Waals surface area contributed by atoms with Gasteiger partial charge in [-0.15, -0.1) is 0 Å². The third-order valence-corrected chi connectivity index (χ3v) is 8.45. The van der Waals surface area contributed by atoms with Gasteiger partial charge in [-0.25, -0.2) is 9.97 Å². The van der Waals surface area contributed by atoms with Crippen LogP contribution in [-0.2, 0) is 23.9 Å². The molecule has 3 heterocycles. The van der Waals surface area contributed by atoms with Crippen LogP contribution in [0.1, 0.15) is 46.5 Å². The summed E-state index contributed by atoms with van der Waals surface area (Å²) in [4.78, 5) is 38.6. The lowest BCUT2D eigenvalue weighted by molar-refractivity contribution is -0.138. The molecule has 0 saturated carbocycles. The van der Waals surface area contributed by atoms with E-state index in [9.17, 15) is 22.8 Å². The first kappa shape index (κ1) is 29.8. The van der Waals surface area contributed by atoms with Crippen molar-refractivity contribution in [1.29, 1.82) is 0 Å². The summed E-state index contributed by atoms with van der Waals surface area (Å²) in [5.41, 5.74) is 3.32. The van der Waals surface area contributed by atoms with Crippen LogP contribution in [0.25, 0.3) is 21.5 Å². The van der Waals surface area contributed by atoms with Gasteiger partial charge in [-0.1, -0.05) is 42.5 Å². The van der Waals surface area contributed by atoms with E-state index in [1.165, 1.54) is 24.3 Å². The van der Waals surface area contributed by atoms with E-state index >= 15 is 0 Å². The number of amides is 1. The summed E-state index contributed by atoms with van der Waals surface area (Å²) < 4.78 is 42.2. The SMILES string of the molecule is CCN1CCN(Cc2ccc(CC(=O)c3ccc(C)c(-c4cnc5sc(NC(C)=O)nc5c4)c3)cc2C(F)(F)F)CC1. The van der Waals surface area contributed by atoms with Gasteiger partial charge in [0.2, 0.25) is 5.91 Å². The molecule has 4 aromatic rings. The van der Waals surface area contributed by atoms with Crippen molar-refractivity contribution in [3.05, 3.63) is 76.5 Å². The molecule has 1 saturated heterocycles. The molecule has 7 nitrogen and oxygen atoms in total. The minimum Gasteiger partial charge on any atom is -0.302 e. The highest BCUT2D eigenvalue weighted by atomic mass is 32.1. The maximum absolute atomic E-state index is 14.1. The number of Topliss-reactive ketones (excluding diaryl/α,β-unsaturated/α-hetero) is 1. The van der Waals surface area contributed by atoms with E-state index in [1.54, 1.807) is 24.4 Å². The smallest absolute Gasteiger partial charge is 0.302 e. The third kappa shape index (κ3) is 6.86. The number of anilines is 1. The van der Waals surface area contributed by atoms with Gasteiger partial charge in [-0.3, -0.25) is 14.5 Å². The number of likely N-dealkylation sites (N-methyl/N-ethyl adjacent to an activating group) is 1. The Morgan fingerprint density at radius 1 is 1.02 bits per heavy atom. The van der Waals surface area contributed by atoms with E-state index in [4.69, 9.17) is 0 Å². The highest BCUT2D eigenvalue weighted by molar-refractivity contribution is 7.21. The van der Waals surface area contributed by atoms with Crippen LogP contribution in [0.5, 0.6) is 0 Å². The molecule has 2 aromatic carbocycles. The van der Waals surface area contributed by atoms with E-state index in [0.29, 0.717) is 26.6 Å². The highest BCUT2D eigenvalue weighted by Gasteiger charge is 2.34. The normalized spacial score (nSPS) is 14.8. The summed E-state index contributed by atoms with van der Waals surface area (Å²) in [6.07, 6.45) is -2.98. The van der Waals surface area contributed by atoms with Gasteiger partial charge in [0.15, 0.2) is 10.9 Å². The van der Waals surface area contributed by atoms with Crippen LogP contribution in [0.2, 0.25) is 0 Å². The number of nitrogens with one attached hydrogen (secondary N) is 1. The van der Waals surface area contributed by atoms with Gasteiger partial charge in [0, 0.05) is 63.4 Å². The van der Waals surface area contributed by atoms with E-state index in [0.717, 1.165) is 55.5 Å². The molecule has 1 fully saturated rings. The minimum atomic E-state index is -4.52. The predicted molar refractivity (Wildman–Crippen MR) is 159 cm³/mol. The lowest BCUT2D eigenvalue weighted by atomic mass is 9.94. The first-order valence-electron chi connectivity index (χ1n) is 13.8. The lowest BCUT2D eigenvalue weighted by Gasteiger charge is -2.34. The number of halogens is 3. The number of hydrogen-bond donors (Lipinski definition) is 1. The van der Waals surface area contributed by atoms with Gasteiger partial charge in [0.25, 0.3) is 0 Å². The number of aryl methyl sites for hydroxylation is 1. The van der Waals surface area contributed by atoms with Gasteiger partial charge >= 0.3 is 6.18 Å². The molecule has 1 aliphatic heterocycles. The van der Waals surface area contributed by atoms with Crippen molar-refractivity contribution in [3.63, 3.8) is 0 Å². The summed E-state index contributed by atoms with van der Waals surface area (Å²) in [6.45, 7) is 9.70. The fraction of sp³-hybridized carbons (Fsp3) is 0.355. The number of alkyl halides is 3. The monoisotopic (exact) mass is 595 g/mol. The molecule has 0 radical (unpaired) electrons. The van der Waals surface area contributed by atoms with Crippen molar-refractivity contribution < 1.29 is 22.8 Å². The third-order valence-electron chi connectivity index (χ3n) is 7.55. The van der Waals surface area contributed by atoms with Crippen molar-refractivity contribution in [2.24, 2.45) is 0 Å². The Hall–Kier alpha value is -3.67. The minimum absolute atomic E-state index is 0.148. The molecule has 0 unspecified atom stereocenters. The van der Waals surface area contributed by atoms with E-state index < -0.39 is 11.7 Å². The molecule has 2 aromatic heterocycles. The molecule has 1 amide bonds. The number of carbonyl (C=O) groups excluding carboxylic acids is 2. The van der Waals surface area contributed by atoms with Gasteiger partial charge < -0.3 is 10.2 Å². The van der Waals surface area contributed by atoms with Crippen molar-refractivity contribution in [3.8, 4) is 11.1 Å². The summed E-state index contributed by atoms with van der Waals surface area (Å²) >= 11 is 1.26. The van der Waals surface area contributed by atoms with Crippen LogP contribution in [0.4, 0.5) is 18.3 Å². The number of thiazole rings is 1. The number of nitrogens with zero attached hydrogens (tertiary/aromatic N) is 4. The Balaban J connectivity index is 1.35. The summed E-state index contributed by atoms with van der Waals surface area (Å²) in [6, 6.07) is 11.4. The molecular weight excluding hydrogens is 563 g/mol. The number of carbonyl (C=O) groups is 2. The van der Waals surface area contributed by atoms with Crippen molar-refractivity contribution in [2.45, 2.75) is 39.9 Å². The zero-order chi connectivity index (χ0) is 30.0. The standard InChI is InChI=1S/C31H32F3N5O2S/c1-4-38-9-11-39(12-10-38)18-23-8-6-21(13-26(23)31(32,33)34)14-28(41)22-7-5-19(2)25(15-22)24-16-27-29(35-17-24)42-30(37-27)36-20(3)40/h5-8,13,15-17H,4,9-12,14,18H2,1-3H3,(H,36,37,40). The topological polar surface area (TPSA) is 78.4 Å². The first-order valence-corrected chi connectivity index (χ1v) is 14.6. The molecule has 0 atom stereocenters. The Bertz CT molecular complexity index is 1630. The predicted octanol–water partition coefficient (Wildman–Crippen LogP) is 6.21. The maximum atomic E-state index is 14.1. The van der Waals surface area contributed by atoms with Crippen LogP contribution in [0.3, 0.4) is 0 Å². The molecule has 0 spiro atoms. The summed E-state index contributed by atoms with van der Waals surface area (Å²) in [7, 11) is 0. The molecular formula is C31H32F3N5O2S. The van der Waals surface area contributed by atoms with Crippen molar-refractivity contribution in [1.82, 2.24) is 19.8 Å². The number of aromatic nitrogens is 2. The van der Waals surface area contributed by atoms with E-state index in [1.807, 2.05) is 24.0 Å². The number of fused-ring (bicyclic) bond motifs is 1. The van der Waals surface area contributed by atoms with Crippen LogP contribution < -0.4 is 5.32 Å². The molecule has 1 aliphatic rings. The molecule has 11 heteroatoms. The average molecular weight is 596 g/mol. The zero-order valence-electron chi connectivity index (χ0n) is 23.7. The van der Waals surface area contributed by atoms with Gasteiger partial charge in [0.05, 0.1) is 5.56 Å². The fourth-order valence-electron chi connectivity index (χ4n) is 5.21. The van der Waals surface area contributed by atoms with Crippen LogP contribution in [0, 0.1) is 6.92 Å². The Labute approximate surface area is 246 Å². The quantitative estimate of drug-likeness (QED) is 0.244. The number of piperazine rings is 1. The molecule has 42 heavy (non-hydrogen) atoms. The second-order valence-corrected chi connectivity index (χ2v) is 11.6. The lowest BCUT2D eigenvalue weighted by Crippen LogP contribution is -2.45. The van der Waals surface area contributed by atoms with Crippen LogP contribution >= 0.6 is 11.3 Å². The van der Waals surface area contributed by atoms with Crippen LogP contribution in [-0.4, -0.2) is 64.2 Å². The molecule has 1 N–H and O–H groups in total. The van der Waals surface area contributed by atoms with E-state index in [-0.39, 0.29) is 30.2 Å². The number of hydrogen-bond acceptors (Lipinski definition) is 7. The van der Waals surface area contributed by atoms with Crippen LogP contribution in [0.15, 0.2) is 48.7 Å². The van der Waals surface area contributed by atoms with Crippen molar-refractivity contribution >= 4 is 38.5 Å². The van der Waals surface area contributed by atoms with Gasteiger partial charge in [0.1, 0.15) is 10.3 Å². The molecule has 5 rings (SSSR count). The summed E-state index contributed by atoms with van der Waals surface area (Å²) in [5.74, 6) is -0.498. The zero-order valence-corrected chi connectivity index (χ0v) is 24.5. The van der Waals surface area contributed by atoms with Gasteiger partial charge in [-0.2, -0.15) is 13.2 Å². The number of pyridine rings is 1. The first-order chi connectivity index (χ1) is 20.0. The number of rotatable bonds is 8. The maximum Gasteiger partial charge on any atom is 0.416 e. The Morgan fingerprint density at radius 3 is 2.45 bits per heavy atom. The highest BCUT2D eigenvalue weighted by Crippen LogP contribution is 2.34.